The highest BCUT2D eigenvalue weighted by molar-refractivity contribution is 6.32. The highest BCUT2D eigenvalue weighted by Crippen LogP contribution is 2.30. The van der Waals surface area contributed by atoms with Crippen molar-refractivity contribution in [2.75, 3.05) is 14.2 Å². The van der Waals surface area contributed by atoms with Crippen LogP contribution < -0.4 is 9.47 Å². The summed E-state index contributed by atoms with van der Waals surface area (Å²) >= 11 is 6.10. The molecule has 0 aliphatic carbocycles. The summed E-state index contributed by atoms with van der Waals surface area (Å²) in [6.45, 7) is 0. The fraction of sp³-hybridized carbons (Fsp3) is 0.188. The average Bonchev–Trinajstić information content (AvgIpc) is 2.96. The van der Waals surface area contributed by atoms with Crippen molar-refractivity contribution in [2.45, 2.75) is 6.10 Å². The van der Waals surface area contributed by atoms with E-state index < -0.39 is 6.10 Å². The molecule has 1 atom stereocenters. The minimum Gasteiger partial charge on any atom is -0.497 e. The first kappa shape index (κ1) is 14.7. The van der Waals surface area contributed by atoms with E-state index in [0.717, 1.165) is 11.0 Å². The Balaban J connectivity index is 1.97. The third-order valence-electron chi connectivity index (χ3n) is 3.46. The standard InChI is InChI=1S/C16H15ClN2O3/c1-21-10-4-5-12-13(8-10)19-16(18-12)15(20)9-3-6-14(22-2)11(17)7-9/h3-8,15,20H,1-2H3,(H,18,19). The van der Waals surface area contributed by atoms with E-state index >= 15 is 0 Å². The van der Waals surface area contributed by atoms with Gasteiger partial charge in [0.05, 0.1) is 30.3 Å². The maximum atomic E-state index is 10.5. The van der Waals surface area contributed by atoms with Crippen molar-refractivity contribution in [3.8, 4) is 11.5 Å². The van der Waals surface area contributed by atoms with E-state index in [2.05, 4.69) is 9.97 Å². The van der Waals surface area contributed by atoms with Gasteiger partial charge in [-0.25, -0.2) is 4.98 Å². The van der Waals surface area contributed by atoms with Gasteiger partial charge >= 0.3 is 0 Å². The SMILES string of the molecule is COc1ccc2[nH]c(C(O)c3ccc(OC)c(Cl)c3)nc2c1. The largest absolute Gasteiger partial charge is 0.497 e. The zero-order chi connectivity index (χ0) is 15.7. The molecule has 0 aliphatic heterocycles. The number of hydrogen-bond acceptors (Lipinski definition) is 4. The van der Waals surface area contributed by atoms with E-state index in [9.17, 15) is 5.11 Å². The molecule has 0 bridgehead atoms. The lowest BCUT2D eigenvalue weighted by atomic mass is 10.1. The zero-order valence-electron chi connectivity index (χ0n) is 12.1. The molecule has 1 heterocycles. The van der Waals surface area contributed by atoms with Crippen LogP contribution in [0.15, 0.2) is 36.4 Å². The van der Waals surface area contributed by atoms with Crippen LogP contribution in [0.4, 0.5) is 0 Å². The predicted molar refractivity (Wildman–Crippen MR) is 84.7 cm³/mol. The van der Waals surface area contributed by atoms with Gasteiger partial charge in [0.2, 0.25) is 0 Å². The van der Waals surface area contributed by atoms with E-state index in [1.54, 1.807) is 32.4 Å². The first-order valence-electron chi connectivity index (χ1n) is 6.67. The maximum Gasteiger partial charge on any atom is 0.140 e. The van der Waals surface area contributed by atoms with Gasteiger partial charge in [0.1, 0.15) is 23.4 Å². The molecule has 0 spiro atoms. The van der Waals surface area contributed by atoms with E-state index in [1.807, 2.05) is 18.2 Å². The van der Waals surface area contributed by atoms with Gasteiger partial charge in [-0.05, 0) is 29.8 Å². The van der Waals surface area contributed by atoms with Crippen LogP contribution in [-0.4, -0.2) is 29.3 Å². The third-order valence-corrected chi connectivity index (χ3v) is 3.75. The fourth-order valence-corrected chi connectivity index (χ4v) is 2.54. The highest BCUT2D eigenvalue weighted by atomic mass is 35.5. The molecule has 0 radical (unpaired) electrons. The fourth-order valence-electron chi connectivity index (χ4n) is 2.27. The first-order chi connectivity index (χ1) is 10.6. The molecule has 0 fully saturated rings. The molecular weight excluding hydrogens is 304 g/mol. The Morgan fingerprint density at radius 3 is 2.64 bits per heavy atom. The zero-order valence-corrected chi connectivity index (χ0v) is 12.9. The lowest BCUT2D eigenvalue weighted by molar-refractivity contribution is 0.211. The molecule has 5 nitrogen and oxygen atoms in total. The molecule has 6 heteroatoms. The van der Waals surface area contributed by atoms with Crippen LogP contribution in [0.5, 0.6) is 11.5 Å². The molecule has 0 amide bonds. The number of aromatic nitrogens is 2. The Hall–Kier alpha value is -2.24. The molecule has 2 N–H and O–H groups in total. The lowest BCUT2D eigenvalue weighted by Gasteiger charge is -2.10. The van der Waals surface area contributed by atoms with Crippen LogP contribution >= 0.6 is 11.6 Å². The van der Waals surface area contributed by atoms with E-state index in [1.165, 1.54) is 0 Å². The summed E-state index contributed by atoms with van der Waals surface area (Å²) in [4.78, 5) is 7.51. The molecule has 1 aromatic heterocycles. The number of aromatic amines is 1. The Bertz CT molecular complexity index is 816. The number of methoxy groups -OCH3 is 2. The van der Waals surface area contributed by atoms with Crippen LogP contribution in [-0.2, 0) is 0 Å². The quantitative estimate of drug-likeness (QED) is 0.774. The summed E-state index contributed by atoms with van der Waals surface area (Å²) in [6, 6.07) is 10.6. The number of nitrogens with one attached hydrogen (secondary N) is 1. The molecule has 0 saturated carbocycles. The molecule has 1 unspecified atom stereocenters. The molecule has 3 aromatic rings. The first-order valence-corrected chi connectivity index (χ1v) is 7.05. The predicted octanol–water partition coefficient (Wildman–Crippen LogP) is 3.32. The lowest BCUT2D eigenvalue weighted by Crippen LogP contribution is -2.02. The summed E-state index contributed by atoms with van der Waals surface area (Å²) in [5.74, 6) is 1.73. The third kappa shape index (κ3) is 2.61. The van der Waals surface area contributed by atoms with Crippen molar-refractivity contribution in [3.05, 3.63) is 52.8 Å². The monoisotopic (exact) mass is 318 g/mol. The molecule has 0 aliphatic rings. The highest BCUT2D eigenvalue weighted by Gasteiger charge is 2.16. The topological polar surface area (TPSA) is 67.4 Å². The van der Waals surface area contributed by atoms with Crippen LogP contribution in [0, 0.1) is 0 Å². The van der Waals surface area contributed by atoms with Gasteiger partial charge in [0.25, 0.3) is 0 Å². The van der Waals surface area contributed by atoms with Crippen LogP contribution in [0.3, 0.4) is 0 Å². The molecule has 0 saturated heterocycles. The number of aliphatic hydroxyl groups excluding tert-OH is 1. The van der Waals surface area contributed by atoms with Gasteiger partial charge in [-0.15, -0.1) is 0 Å². The van der Waals surface area contributed by atoms with E-state index in [-0.39, 0.29) is 0 Å². The van der Waals surface area contributed by atoms with Gasteiger partial charge in [0.15, 0.2) is 0 Å². The number of rotatable bonds is 4. The number of aliphatic hydroxyl groups is 1. The summed E-state index contributed by atoms with van der Waals surface area (Å²) in [6.07, 6.45) is -0.901. The van der Waals surface area contributed by atoms with Crippen molar-refractivity contribution in [1.29, 1.82) is 0 Å². The van der Waals surface area contributed by atoms with Crippen LogP contribution in [0.2, 0.25) is 5.02 Å². The number of imidazole rings is 1. The molecule has 3 rings (SSSR count). The second kappa shape index (κ2) is 5.87. The minimum absolute atomic E-state index is 0.442. The molecular formula is C16H15ClN2O3. The Morgan fingerprint density at radius 1 is 1.14 bits per heavy atom. The summed E-state index contributed by atoms with van der Waals surface area (Å²) in [5, 5.41) is 10.9. The summed E-state index contributed by atoms with van der Waals surface area (Å²) < 4.78 is 10.3. The smallest absolute Gasteiger partial charge is 0.140 e. The van der Waals surface area contributed by atoms with Gasteiger partial charge in [-0.2, -0.15) is 0 Å². The Labute approximate surface area is 132 Å². The van der Waals surface area contributed by atoms with Gasteiger partial charge in [-0.3, -0.25) is 0 Å². The molecule has 22 heavy (non-hydrogen) atoms. The van der Waals surface area contributed by atoms with Crippen molar-refractivity contribution < 1.29 is 14.6 Å². The number of nitrogens with zero attached hydrogens (tertiary/aromatic N) is 1. The van der Waals surface area contributed by atoms with Gasteiger partial charge < -0.3 is 19.6 Å². The maximum absolute atomic E-state index is 10.5. The van der Waals surface area contributed by atoms with Crippen molar-refractivity contribution in [3.63, 3.8) is 0 Å². The van der Waals surface area contributed by atoms with Crippen LogP contribution in [0.1, 0.15) is 17.5 Å². The summed E-state index contributed by atoms with van der Waals surface area (Å²) in [7, 11) is 3.15. The number of fused-ring (bicyclic) bond motifs is 1. The van der Waals surface area contributed by atoms with Gasteiger partial charge in [-0.1, -0.05) is 17.7 Å². The Morgan fingerprint density at radius 2 is 1.95 bits per heavy atom. The number of ether oxygens (including phenoxy) is 2. The van der Waals surface area contributed by atoms with E-state index in [0.29, 0.717) is 27.9 Å². The van der Waals surface area contributed by atoms with Gasteiger partial charge in [0, 0.05) is 6.07 Å². The molecule has 114 valence electrons. The van der Waals surface area contributed by atoms with Crippen molar-refractivity contribution in [2.24, 2.45) is 0 Å². The van der Waals surface area contributed by atoms with Crippen molar-refractivity contribution >= 4 is 22.6 Å². The van der Waals surface area contributed by atoms with Crippen LogP contribution in [0.25, 0.3) is 11.0 Å². The second-order valence-corrected chi connectivity index (χ2v) is 5.21. The number of benzene rings is 2. The second-order valence-electron chi connectivity index (χ2n) is 4.80. The minimum atomic E-state index is -0.901. The normalized spacial score (nSPS) is 12.4. The molecule has 2 aromatic carbocycles. The summed E-state index contributed by atoms with van der Waals surface area (Å²) in [5.41, 5.74) is 2.19. The number of hydrogen-bond donors (Lipinski definition) is 2. The average molecular weight is 319 g/mol. The number of H-pyrrole nitrogens is 1. The van der Waals surface area contributed by atoms with Crippen molar-refractivity contribution in [1.82, 2.24) is 9.97 Å². The Kier molecular flexibility index (Phi) is 3.92. The van der Waals surface area contributed by atoms with E-state index in [4.69, 9.17) is 21.1 Å². The number of halogens is 1.